The molecule has 1 rings (SSSR count). The van der Waals surface area contributed by atoms with E-state index < -0.39 is 6.10 Å². The molecule has 1 amide bonds. The van der Waals surface area contributed by atoms with E-state index in [1.165, 1.54) is 7.11 Å². The first kappa shape index (κ1) is 14.0. The van der Waals surface area contributed by atoms with Gasteiger partial charge in [-0.3, -0.25) is 4.79 Å². The van der Waals surface area contributed by atoms with E-state index in [2.05, 4.69) is 0 Å². The van der Waals surface area contributed by atoms with E-state index in [9.17, 15) is 4.79 Å². The smallest absolute Gasteiger partial charge is 0.251 e. The molecule has 0 aliphatic carbocycles. The van der Waals surface area contributed by atoms with Crippen LogP contribution in [0.15, 0.2) is 24.3 Å². The van der Waals surface area contributed by atoms with Gasteiger partial charge in [0, 0.05) is 19.2 Å². The van der Waals surface area contributed by atoms with E-state index in [4.69, 9.17) is 16.3 Å². The van der Waals surface area contributed by atoms with Crippen molar-refractivity contribution in [2.45, 2.75) is 26.0 Å². The highest BCUT2D eigenvalue weighted by atomic mass is 35.5. The van der Waals surface area contributed by atoms with Gasteiger partial charge in [0.1, 0.15) is 6.10 Å². The highest BCUT2D eigenvalue weighted by Gasteiger charge is 2.22. The van der Waals surface area contributed by atoms with Crippen LogP contribution in [0.2, 0.25) is 5.02 Å². The Kier molecular flexibility index (Phi) is 4.97. The number of hydrogen-bond acceptors (Lipinski definition) is 2. The van der Waals surface area contributed by atoms with Gasteiger partial charge in [0.05, 0.1) is 6.04 Å². The van der Waals surface area contributed by atoms with Crippen LogP contribution in [0.5, 0.6) is 0 Å². The summed E-state index contributed by atoms with van der Waals surface area (Å²) >= 11 is 5.83. The van der Waals surface area contributed by atoms with Crippen molar-refractivity contribution < 1.29 is 9.53 Å². The zero-order valence-electron chi connectivity index (χ0n) is 10.6. The highest BCUT2D eigenvalue weighted by Crippen LogP contribution is 2.21. The molecule has 0 N–H and O–H groups in total. The number of hydrogen-bond donors (Lipinski definition) is 0. The summed E-state index contributed by atoms with van der Waals surface area (Å²) in [5.74, 6) is -0.0325. The van der Waals surface area contributed by atoms with Crippen molar-refractivity contribution in [2.24, 2.45) is 0 Å². The third-order valence-electron chi connectivity index (χ3n) is 2.98. The number of amides is 1. The molecule has 94 valence electrons. The maximum absolute atomic E-state index is 11.9. The van der Waals surface area contributed by atoms with Crippen molar-refractivity contribution in [1.29, 1.82) is 0 Å². The fraction of sp³-hybridized carbons (Fsp3) is 0.462. The molecule has 0 fully saturated rings. The summed E-state index contributed by atoms with van der Waals surface area (Å²) in [7, 11) is 3.31. The molecule has 0 aliphatic heterocycles. The van der Waals surface area contributed by atoms with Crippen LogP contribution in [0, 0.1) is 0 Å². The summed E-state index contributed by atoms with van der Waals surface area (Å²) in [6.07, 6.45) is -0.422. The maximum Gasteiger partial charge on any atom is 0.251 e. The molecule has 0 saturated heterocycles. The zero-order chi connectivity index (χ0) is 13.0. The third kappa shape index (κ3) is 3.45. The third-order valence-corrected chi connectivity index (χ3v) is 3.23. The van der Waals surface area contributed by atoms with Crippen molar-refractivity contribution >= 4 is 17.5 Å². The predicted octanol–water partition coefficient (Wildman–Crippen LogP) is 2.89. The van der Waals surface area contributed by atoms with Gasteiger partial charge in [-0.05, 0) is 31.5 Å². The van der Waals surface area contributed by atoms with Gasteiger partial charge in [-0.1, -0.05) is 23.7 Å². The lowest BCUT2D eigenvalue weighted by Gasteiger charge is -2.27. The van der Waals surface area contributed by atoms with Crippen LogP contribution < -0.4 is 0 Å². The van der Waals surface area contributed by atoms with Gasteiger partial charge in [-0.2, -0.15) is 0 Å². The lowest BCUT2D eigenvalue weighted by atomic mass is 10.1. The SMILES string of the molecule is COC(C)C(=O)N(C)C(C)c1ccc(Cl)cc1. The first-order chi connectivity index (χ1) is 7.97. The molecule has 17 heavy (non-hydrogen) atoms. The zero-order valence-corrected chi connectivity index (χ0v) is 11.4. The van der Waals surface area contributed by atoms with Crippen LogP contribution in [0.3, 0.4) is 0 Å². The van der Waals surface area contributed by atoms with Crippen LogP contribution in [-0.2, 0) is 9.53 Å². The van der Waals surface area contributed by atoms with Crippen molar-refractivity contribution in [1.82, 2.24) is 4.90 Å². The predicted molar refractivity (Wildman–Crippen MR) is 69.1 cm³/mol. The number of rotatable bonds is 4. The summed E-state index contributed by atoms with van der Waals surface area (Å²) < 4.78 is 5.03. The summed E-state index contributed by atoms with van der Waals surface area (Å²) in [4.78, 5) is 13.6. The van der Waals surface area contributed by atoms with E-state index in [1.807, 2.05) is 31.2 Å². The van der Waals surface area contributed by atoms with E-state index >= 15 is 0 Å². The number of ether oxygens (including phenoxy) is 1. The van der Waals surface area contributed by atoms with Crippen molar-refractivity contribution in [3.05, 3.63) is 34.9 Å². The minimum Gasteiger partial charge on any atom is -0.372 e. The number of carbonyl (C=O) groups is 1. The first-order valence-corrected chi connectivity index (χ1v) is 5.90. The largest absolute Gasteiger partial charge is 0.372 e. The Bertz CT molecular complexity index is 378. The molecule has 0 aromatic heterocycles. The van der Waals surface area contributed by atoms with E-state index in [0.717, 1.165) is 5.56 Å². The van der Waals surface area contributed by atoms with Gasteiger partial charge >= 0.3 is 0 Å². The Balaban J connectivity index is 2.79. The molecule has 2 atom stereocenters. The van der Waals surface area contributed by atoms with Crippen LogP contribution in [0.4, 0.5) is 0 Å². The van der Waals surface area contributed by atoms with E-state index in [0.29, 0.717) is 5.02 Å². The summed E-state index contributed by atoms with van der Waals surface area (Å²) in [6.45, 7) is 3.72. The second-order valence-corrected chi connectivity index (χ2v) is 4.49. The van der Waals surface area contributed by atoms with Crippen LogP contribution >= 0.6 is 11.6 Å². The molecule has 2 unspecified atom stereocenters. The molecule has 1 aromatic carbocycles. The van der Waals surface area contributed by atoms with Gasteiger partial charge in [0.25, 0.3) is 5.91 Å². The van der Waals surface area contributed by atoms with Gasteiger partial charge in [-0.25, -0.2) is 0 Å². The Hall–Kier alpha value is -1.06. The Morgan fingerprint density at radius 3 is 2.29 bits per heavy atom. The van der Waals surface area contributed by atoms with Crippen LogP contribution in [0.1, 0.15) is 25.5 Å². The van der Waals surface area contributed by atoms with E-state index in [1.54, 1.807) is 18.9 Å². The Labute approximate surface area is 107 Å². The minimum atomic E-state index is -0.422. The molecular formula is C13H18ClNO2. The van der Waals surface area contributed by atoms with Crippen molar-refractivity contribution in [3.8, 4) is 0 Å². The molecule has 0 bridgehead atoms. The number of likely N-dealkylation sites (N-methyl/N-ethyl adjacent to an activating group) is 1. The van der Waals surface area contributed by atoms with Gasteiger partial charge < -0.3 is 9.64 Å². The molecule has 0 heterocycles. The summed E-state index contributed by atoms with van der Waals surface area (Å²) in [5, 5.41) is 0.695. The summed E-state index contributed by atoms with van der Waals surface area (Å²) in [6, 6.07) is 7.50. The quantitative estimate of drug-likeness (QED) is 0.828. The highest BCUT2D eigenvalue weighted by molar-refractivity contribution is 6.30. The molecule has 0 saturated carbocycles. The van der Waals surface area contributed by atoms with Gasteiger partial charge in [-0.15, -0.1) is 0 Å². The fourth-order valence-corrected chi connectivity index (χ4v) is 1.67. The standard InChI is InChI=1S/C13H18ClNO2/c1-9(11-5-7-12(14)8-6-11)15(3)13(16)10(2)17-4/h5-10H,1-4H3. The topological polar surface area (TPSA) is 29.5 Å². The lowest BCUT2D eigenvalue weighted by Crippen LogP contribution is -2.37. The number of benzene rings is 1. The molecule has 4 heteroatoms. The molecule has 0 radical (unpaired) electrons. The van der Waals surface area contributed by atoms with Gasteiger partial charge in [0.2, 0.25) is 0 Å². The Morgan fingerprint density at radius 1 is 1.29 bits per heavy atom. The Morgan fingerprint density at radius 2 is 1.82 bits per heavy atom. The number of methoxy groups -OCH3 is 1. The second-order valence-electron chi connectivity index (χ2n) is 4.05. The number of carbonyl (C=O) groups excluding carboxylic acids is 1. The molecule has 0 aliphatic rings. The minimum absolute atomic E-state index is 0.00244. The molecular weight excluding hydrogens is 238 g/mol. The van der Waals surface area contributed by atoms with Crippen LogP contribution in [-0.4, -0.2) is 31.1 Å². The fourth-order valence-electron chi connectivity index (χ4n) is 1.54. The number of nitrogens with zero attached hydrogens (tertiary/aromatic N) is 1. The number of halogens is 1. The second kappa shape index (κ2) is 6.03. The summed E-state index contributed by atoms with van der Waals surface area (Å²) in [5.41, 5.74) is 1.05. The van der Waals surface area contributed by atoms with Crippen molar-refractivity contribution in [2.75, 3.05) is 14.2 Å². The average Bonchev–Trinajstić information content (AvgIpc) is 2.36. The van der Waals surface area contributed by atoms with Crippen molar-refractivity contribution in [3.63, 3.8) is 0 Å². The van der Waals surface area contributed by atoms with E-state index in [-0.39, 0.29) is 11.9 Å². The normalized spacial score (nSPS) is 14.2. The van der Waals surface area contributed by atoms with Crippen LogP contribution in [0.25, 0.3) is 0 Å². The van der Waals surface area contributed by atoms with Gasteiger partial charge in [0.15, 0.2) is 0 Å². The average molecular weight is 256 g/mol. The monoisotopic (exact) mass is 255 g/mol. The lowest BCUT2D eigenvalue weighted by molar-refractivity contribution is -0.141. The first-order valence-electron chi connectivity index (χ1n) is 5.52. The molecule has 3 nitrogen and oxygen atoms in total. The maximum atomic E-state index is 11.9. The molecule has 1 aromatic rings. The molecule has 0 spiro atoms.